The Morgan fingerprint density at radius 3 is 2.52 bits per heavy atom. The van der Waals surface area contributed by atoms with Crippen molar-refractivity contribution in [1.82, 2.24) is 5.32 Å². The van der Waals surface area contributed by atoms with Crippen molar-refractivity contribution in [2.24, 2.45) is 4.99 Å². The van der Waals surface area contributed by atoms with Crippen LogP contribution in [0.3, 0.4) is 0 Å². The van der Waals surface area contributed by atoms with E-state index in [1.807, 2.05) is 6.92 Å². The highest BCUT2D eigenvalue weighted by molar-refractivity contribution is 9.10. The number of hydrogen-bond donors (Lipinski definition) is 1. The zero-order valence-corrected chi connectivity index (χ0v) is 19.9. The van der Waals surface area contributed by atoms with E-state index < -0.39 is 16.0 Å². The maximum atomic E-state index is 12.7. The molecule has 0 spiro atoms. The number of aliphatic imine (C=N–C) groups is 1. The quantitative estimate of drug-likeness (QED) is 0.469. The zero-order valence-electron chi connectivity index (χ0n) is 16.6. The third-order valence-electron chi connectivity index (χ3n) is 3.96. The maximum Gasteiger partial charge on any atom is 0.339 e. The number of benzene rings is 2. The molecule has 1 aliphatic heterocycles. The van der Waals surface area contributed by atoms with Gasteiger partial charge in [-0.2, -0.15) is 13.4 Å². The highest BCUT2D eigenvalue weighted by Gasteiger charge is 2.24. The molecule has 1 aliphatic rings. The van der Waals surface area contributed by atoms with Gasteiger partial charge in [0.05, 0.1) is 16.5 Å². The minimum atomic E-state index is -4.09. The van der Waals surface area contributed by atoms with Crippen LogP contribution in [-0.4, -0.2) is 32.5 Å². The van der Waals surface area contributed by atoms with Crippen molar-refractivity contribution in [3.05, 3.63) is 56.9 Å². The average molecular weight is 525 g/mol. The van der Waals surface area contributed by atoms with E-state index in [2.05, 4.69) is 26.2 Å². The number of thioether (sulfide) groups is 1. The fraction of sp³-hybridized carbons (Fsp3) is 0.150. The van der Waals surface area contributed by atoms with Crippen LogP contribution >= 0.6 is 27.7 Å². The van der Waals surface area contributed by atoms with Crippen LogP contribution in [0.2, 0.25) is 0 Å². The van der Waals surface area contributed by atoms with Crippen LogP contribution in [0.15, 0.2) is 55.7 Å². The van der Waals surface area contributed by atoms with Gasteiger partial charge in [-0.15, -0.1) is 0 Å². The molecule has 0 aliphatic carbocycles. The largest absolute Gasteiger partial charge is 0.493 e. The van der Waals surface area contributed by atoms with Crippen molar-refractivity contribution in [1.29, 1.82) is 0 Å². The first-order valence-corrected chi connectivity index (χ1v) is 11.8. The molecule has 2 aromatic carbocycles. The Balaban J connectivity index is 1.90. The summed E-state index contributed by atoms with van der Waals surface area (Å²) in [5.74, 6) is -0.701. The van der Waals surface area contributed by atoms with Gasteiger partial charge in [0.25, 0.3) is 5.91 Å². The number of nitrogens with zero attached hydrogens (tertiary/aromatic N) is 1. The predicted molar refractivity (Wildman–Crippen MR) is 122 cm³/mol. The van der Waals surface area contributed by atoms with Gasteiger partial charge in [-0.05, 0) is 70.5 Å². The molecule has 0 saturated carbocycles. The molecule has 0 aromatic heterocycles. The number of nitrogens with one attached hydrogen (secondary N) is 1. The third-order valence-corrected chi connectivity index (χ3v) is 6.68. The Kier molecular flexibility index (Phi) is 6.87. The predicted octanol–water partition coefficient (Wildman–Crippen LogP) is 3.64. The third kappa shape index (κ3) is 5.54. The fourth-order valence-corrected chi connectivity index (χ4v) is 5.00. The van der Waals surface area contributed by atoms with E-state index in [4.69, 9.17) is 8.92 Å². The second-order valence-corrected chi connectivity index (χ2v) is 9.83. The molecule has 31 heavy (non-hydrogen) atoms. The summed E-state index contributed by atoms with van der Waals surface area (Å²) >= 11 is 4.33. The number of amides is 2. The van der Waals surface area contributed by atoms with Crippen LogP contribution in [0.1, 0.15) is 18.1 Å². The first-order chi connectivity index (χ1) is 14.6. The number of methoxy groups -OCH3 is 1. The molecule has 0 atom stereocenters. The smallest absolute Gasteiger partial charge is 0.339 e. The van der Waals surface area contributed by atoms with Crippen molar-refractivity contribution in [2.75, 3.05) is 7.11 Å². The van der Waals surface area contributed by atoms with Gasteiger partial charge in [-0.25, -0.2) is 0 Å². The normalized spacial score (nSPS) is 15.0. The zero-order chi connectivity index (χ0) is 22.8. The lowest BCUT2D eigenvalue weighted by Crippen LogP contribution is -2.23. The minimum absolute atomic E-state index is 0.00819. The molecule has 1 N–H and O–H groups in total. The van der Waals surface area contributed by atoms with E-state index in [0.717, 1.165) is 17.3 Å². The molecule has 3 rings (SSSR count). The van der Waals surface area contributed by atoms with Crippen molar-refractivity contribution >= 4 is 60.9 Å². The Bertz CT molecular complexity index is 1220. The first kappa shape index (κ1) is 23.0. The number of rotatable bonds is 5. The summed E-state index contributed by atoms with van der Waals surface area (Å²) in [6, 6.07) is 9.37. The molecule has 0 bridgehead atoms. The highest BCUT2D eigenvalue weighted by atomic mass is 79.9. The average Bonchev–Trinajstić information content (AvgIpc) is 3.02. The molecule has 11 heteroatoms. The van der Waals surface area contributed by atoms with Gasteiger partial charge in [0.1, 0.15) is 4.90 Å². The summed E-state index contributed by atoms with van der Waals surface area (Å²) < 4.78 is 36.3. The number of ether oxygens (including phenoxy) is 1. The fourth-order valence-electron chi connectivity index (χ4n) is 2.53. The molecular formula is C20H17BrN2O6S2. The summed E-state index contributed by atoms with van der Waals surface area (Å²) in [5.41, 5.74) is 1.46. The van der Waals surface area contributed by atoms with Gasteiger partial charge in [0.15, 0.2) is 16.7 Å². The molecule has 162 valence electrons. The molecule has 1 heterocycles. The van der Waals surface area contributed by atoms with Crippen molar-refractivity contribution in [2.45, 2.75) is 18.7 Å². The summed E-state index contributed by atoms with van der Waals surface area (Å²) in [4.78, 5) is 27.3. The molecule has 0 unspecified atom stereocenters. The van der Waals surface area contributed by atoms with Crippen molar-refractivity contribution < 1.29 is 26.9 Å². The number of halogens is 1. The monoisotopic (exact) mass is 524 g/mol. The van der Waals surface area contributed by atoms with E-state index in [1.165, 1.54) is 32.2 Å². The van der Waals surface area contributed by atoms with E-state index in [1.54, 1.807) is 24.3 Å². The van der Waals surface area contributed by atoms with E-state index in [9.17, 15) is 18.0 Å². The van der Waals surface area contributed by atoms with Crippen LogP contribution in [0.5, 0.6) is 11.5 Å². The molecule has 0 radical (unpaired) electrons. The van der Waals surface area contributed by atoms with Gasteiger partial charge in [0.2, 0.25) is 5.91 Å². The molecule has 2 amide bonds. The van der Waals surface area contributed by atoms with E-state index in [0.29, 0.717) is 14.9 Å². The second-order valence-electron chi connectivity index (χ2n) is 6.40. The lowest BCUT2D eigenvalue weighted by molar-refractivity contribution is -0.117. The number of aryl methyl sites for hydroxylation is 1. The summed E-state index contributed by atoms with van der Waals surface area (Å²) in [6.07, 6.45) is 1.55. The van der Waals surface area contributed by atoms with Crippen LogP contribution in [0.25, 0.3) is 6.08 Å². The molecule has 8 nitrogen and oxygen atoms in total. The Morgan fingerprint density at radius 1 is 1.23 bits per heavy atom. The Morgan fingerprint density at radius 2 is 1.90 bits per heavy atom. The van der Waals surface area contributed by atoms with Crippen LogP contribution < -0.4 is 14.2 Å². The minimum Gasteiger partial charge on any atom is -0.493 e. The number of carbonyl (C=O) groups is 2. The molecule has 2 aromatic rings. The van der Waals surface area contributed by atoms with Gasteiger partial charge in [0, 0.05) is 6.92 Å². The lowest BCUT2D eigenvalue weighted by Gasteiger charge is -2.13. The molecule has 0 fully saturated rings. The van der Waals surface area contributed by atoms with Crippen molar-refractivity contribution in [3.63, 3.8) is 0 Å². The lowest BCUT2D eigenvalue weighted by atomic mass is 10.2. The van der Waals surface area contributed by atoms with Crippen LogP contribution in [0, 0.1) is 6.92 Å². The maximum absolute atomic E-state index is 12.7. The molecular weight excluding hydrogens is 508 g/mol. The number of hydrogen-bond acceptors (Lipinski definition) is 7. The van der Waals surface area contributed by atoms with Crippen LogP contribution in [-0.2, 0) is 19.7 Å². The van der Waals surface area contributed by atoms with Crippen LogP contribution in [0.4, 0.5) is 0 Å². The SMILES string of the molecule is COc1cc(/C=C2/SC(NC(C)=O)=NC2=O)cc(Br)c1OS(=O)(=O)c1ccc(C)cc1. The Labute approximate surface area is 192 Å². The molecule has 0 saturated heterocycles. The first-order valence-electron chi connectivity index (χ1n) is 8.78. The second kappa shape index (κ2) is 9.25. The summed E-state index contributed by atoms with van der Waals surface area (Å²) in [6.45, 7) is 3.17. The summed E-state index contributed by atoms with van der Waals surface area (Å²) in [7, 11) is -2.72. The van der Waals surface area contributed by atoms with Gasteiger partial charge in [-0.3, -0.25) is 9.59 Å². The summed E-state index contributed by atoms with van der Waals surface area (Å²) in [5, 5.41) is 2.66. The van der Waals surface area contributed by atoms with Gasteiger partial charge < -0.3 is 14.2 Å². The van der Waals surface area contributed by atoms with Crippen molar-refractivity contribution in [3.8, 4) is 11.5 Å². The van der Waals surface area contributed by atoms with Gasteiger partial charge in [-0.1, -0.05) is 17.7 Å². The standard InChI is InChI=1S/C20H17BrN2O6S2/c1-11-4-6-14(7-5-11)31(26,27)29-18-15(21)8-13(9-16(18)28-3)10-17-19(25)23-20(30-17)22-12(2)24/h4-10H,1-3H3,(H,22,23,24,25)/b17-10+. The van der Waals surface area contributed by atoms with E-state index in [-0.39, 0.29) is 27.5 Å². The van der Waals surface area contributed by atoms with E-state index >= 15 is 0 Å². The number of carbonyl (C=O) groups excluding carboxylic acids is 2. The Hall–Kier alpha value is -2.63. The topological polar surface area (TPSA) is 111 Å². The highest BCUT2D eigenvalue weighted by Crippen LogP contribution is 2.40. The van der Waals surface area contributed by atoms with Gasteiger partial charge >= 0.3 is 10.1 Å². The number of amidine groups is 1.